The van der Waals surface area contributed by atoms with Gasteiger partial charge in [0.1, 0.15) is 9.84 Å². The zero-order valence-corrected chi connectivity index (χ0v) is 12.9. The molecule has 0 radical (unpaired) electrons. The van der Waals surface area contributed by atoms with Crippen molar-refractivity contribution in [3.05, 3.63) is 0 Å². The van der Waals surface area contributed by atoms with Gasteiger partial charge in [-0.2, -0.15) is 0 Å². The number of aliphatic carboxylic acids is 1. The first-order valence-corrected chi connectivity index (χ1v) is 9.49. The molecule has 0 spiro atoms. The van der Waals surface area contributed by atoms with Crippen LogP contribution in [0.2, 0.25) is 0 Å². The summed E-state index contributed by atoms with van der Waals surface area (Å²) in [6.45, 7) is 0. The van der Waals surface area contributed by atoms with Gasteiger partial charge in [-0.25, -0.2) is 8.42 Å². The number of hydrogen-bond donors (Lipinski definition) is 2. The van der Waals surface area contributed by atoms with Crippen LogP contribution in [0.25, 0.3) is 0 Å². The van der Waals surface area contributed by atoms with E-state index in [9.17, 15) is 13.2 Å². The largest absolute Gasteiger partial charge is 0.481 e. The molecule has 2 aliphatic rings. The lowest BCUT2D eigenvalue weighted by Crippen LogP contribution is -2.45. The van der Waals surface area contributed by atoms with Crippen LogP contribution in [0, 0.1) is 5.92 Å². The molecule has 0 aromatic heterocycles. The normalized spacial score (nSPS) is 35.6. The lowest BCUT2D eigenvalue weighted by Gasteiger charge is -2.34. The maximum absolute atomic E-state index is 11.6. The molecule has 0 aliphatic heterocycles. The van der Waals surface area contributed by atoms with Crippen LogP contribution in [-0.4, -0.2) is 43.1 Å². The van der Waals surface area contributed by atoms with Crippen molar-refractivity contribution in [2.45, 2.75) is 68.7 Å². The predicted molar refractivity (Wildman–Crippen MR) is 77.4 cm³/mol. The Balaban J connectivity index is 1.81. The quantitative estimate of drug-likeness (QED) is 0.824. The second-order valence-electron chi connectivity index (χ2n) is 6.37. The van der Waals surface area contributed by atoms with E-state index in [1.165, 1.54) is 6.26 Å². The molecule has 116 valence electrons. The summed E-state index contributed by atoms with van der Waals surface area (Å²) in [5, 5.41) is 12.3. The van der Waals surface area contributed by atoms with Crippen molar-refractivity contribution in [3.8, 4) is 0 Å². The van der Waals surface area contributed by atoms with Crippen LogP contribution in [0.4, 0.5) is 0 Å². The fraction of sp³-hybridized carbons (Fsp3) is 0.929. The van der Waals surface area contributed by atoms with Crippen molar-refractivity contribution < 1.29 is 18.3 Å². The van der Waals surface area contributed by atoms with Gasteiger partial charge in [0.05, 0.1) is 11.2 Å². The maximum atomic E-state index is 11.6. The van der Waals surface area contributed by atoms with Crippen LogP contribution in [-0.2, 0) is 14.6 Å². The molecular formula is C14H25NO4S. The molecule has 0 heterocycles. The number of carboxylic acids is 1. The minimum atomic E-state index is -2.94. The highest BCUT2D eigenvalue weighted by atomic mass is 32.2. The number of sulfone groups is 1. The fourth-order valence-corrected chi connectivity index (χ4v) is 4.70. The van der Waals surface area contributed by atoms with Gasteiger partial charge in [-0.15, -0.1) is 0 Å². The standard InChI is InChI=1S/C14H25NO4S/c1-20(18,19)13-4-2-3-12(9-13)15-11-7-5-10(6-8-11)14(16)17/h10-13,15H,2-9H2,1H3,(H,16,17). The SMILES string of the molecule is CS(=O)(=O)C1CCCC(NC2CCC(C(=O)O)CC2)C1. The Morgan fingerprint density at radius 1 is 1.05 bits per heavy atom. The molecule has 0 bridgehead atoms. The van der Waals surface area contributed by atoms with Crippen LogP contribution in [0.1, 0.15) is 51.4 Å². The molecule has 2 N–H and O–H groups in total. The Bertz CT molecular complexity index is 440. The average molecular weight is 303 g/mol. The summed E-state index contributed by atoms with van der Waals surface area (Å²) in [5.41, 5.74) is 0. The summed E-state index contributed by atoms with van der Waals surface area (Å²) in [7, 11) is -2.94. The third kappa shape index (κ3) is 4.19. The van der Waals surface area contributed by atoms with Crippen LogP contribution in [0.15, 0.2) is 0 Å². The molecule has 2 saturated carbocycles. The lowest BCUT2D eigenvalue weighted by molar-refractivity contribution is -0.142. The van der Waals surface area contributed by atoms with E-state index >= 15 is 0 Å². The second kappa shape index (κ2) is 6.43. The molecule has 0 saturated heterocycles. The van der Waals surface area contributed by atoms with Gasteiger partial charge in [0.2, 0.25) is 0 Å². The Kier molecular flexibility index (Phi) is 5.07. The Hall–Kier alpha value is -0.620. The number of carboxylic acid groups (broad SMARTS) is 1. The summed E-state index contributed by atoms with van der Waals surface area (Å²) in [4.78, 5) is 10.9. The molecule has 20 heavy (non-hydrogen) atoms. The van der Waals surface area contributed by atoms with Crippen molar-refractivity contribution in [1.29, 1.82) is 0 Å². The van der Waals surface area contributed by atoms with E-state index in [2.05, 4.69) is 5.32 Å². The number of carbonyl (C=O) groups is 1. The van der Waals surface area contributed by atoms with Gasteiger partial charge in [-0.3, -0.25) is 4.79 Å². The third-order valence-electron chi connectivity index (χ3n) is 4.78. The highest BCUT2D eigenvalue weighted by Crippen LogP contribution is 2.28. The zero-order valence-electron chi connectivity index (χ0n) is 12.0. The van der Waals surface area contributed by atoms with Crippen LogP contribution >= 0.6 is 0 Å². The molecular weight excluding hydrogens is 278 g/mol. The Labute approximate surface area is 121 Å². The van der Waals surface area contributed by atoms with Crippen LogP contribution in [0.3, 0.4) is 0 Å². The number of hydrogen-bond acceptors (Lipinski definition) is 4. The number of nitrogens with one attached hydrogen (secondary N) is 1. The topological polar surface area (TPSA) is 83.5 Å². The van der Waals surface area contributed by atoms with E-state index in [-0.39, 0.29) is 17.2 Å². The van der Waals surface area contributed by atoms with Gasteiger partial charge in [-0.1, -0.05) is 6.42 Å². The van der Waals surface area contributed by atoms with E-state index in [1.807, 2.05) is 0 Å². The summed E-state index contributed by atoms with van der Waals surface area (Å²) in [5.74, 6) is -0.874. The first-order valence-electron chi connectivity index (χ1n) is 7.54. The fourth-order valence-electron chi connectivity index (χ4n) is 3.53. The lowest BCUT2D eigenvalue weighted by atomic mass is 9.85. The number of rotatable bonds is 4. The highest BCUT2D eigenvalue weighted by Gasteiger charge is 2.31. The van der Waals surface area contributed by atoms with Crippen molar-refractivity contribution >= 4 is 15.8 Å². The minimum absolute atomic E-state index is 0.192. The van der Waals surface area contributed by atoms with Crippen molar-refractivity contribution in [2.24, 2.45) is 5.92 Å². The van der Waals surface area contributed by atoms with E-state index in [0.29, 0.717) is 12.5 Å². The van der Waals surface area contributed by atoms with E-state index in [0.717, 1.165) is 44.9 Å². The monoisotopic (exact) mass is 303 g/mol. The van der Waals surface area contributed by atoms with Gasteiger partial charge in [0.15, 0.2) is 0 Å². The Morgan fingerprint density at radius 2 is 1.70 bits per heavy atom. The van der Waals surface area contributed by atoms with Gasteiger partial charge >= 0.3 is 5.97 Å². The van der Waals surface area contributed by atoms with Crippen LogP contribution < -0.4 is 5.32 Å². The maximum Gasteiger partial charge on any atom is 0.306 e. The summed E-state index contributed by atoms with van der Waals surface area (Å²) in [6.07, 6.45) is 8.04. The van der Waals surface area contributed by atoms with Gasteiger partial charge in [0.25, 0.3) is 0 Å². The van der Waals surface area contributed by atoms with Crippen molar-refractivity contribution in [3.63, 3.8) is 0 Å². The molecule has 2 atom stereocenters. The van der Waals surface area contributed by atoms with Gasteiger partial charge in [-0.05, 0) is 44.9 Å². The van der Waals surface area contributed by atoms with Gasteiger partial charge < -0.3 is 10.4 Å². The summed E-state index contributed by atoms with van der Waals surface area (Å²) >= 11 is 0. The minimum Gasteiger partial charge on any atom is -0.481 e. The van der Waals surface area contributed by atoms with Crippen molar-refractivity contribution in [2.75, 3.05) is 6.26 Å². The van der Waals surface area contributed by atoms with E-state index < -0.39 is 15.8 Å². The molecule has 2 aliphatic carbocycles. The summed E-state index contributed by atoms with van der Waals surface area (Å²) < 4.78 is 23.3. The van der Waals surface area contributed by atoms with E-state index in [1.54, 1.807) is 0 Å². The van der Waals surface area contributed by atoms with Gasteiger partial charge in [0, 0.05) is 18.3 Å². The molecule has 5 nitrogen and oxygen atoms in total. The molecule has 0 amide bonds. The molecule has 2 rings (SSSR count). The smallest absolute Gasteiger partial charge is 0.306 e. The third-order valence-corrected chi connectivity index (χ3v) is 6.42. The first-order chi connectivity index (χ1) is 9.36. The second-order valence-corrected chi connectivity index (χ2v) is 8.69. The molecule has 6 heteroatoms. The first kappa shape index (κ1) is 15.8. The highest BCUT2D eigenvalue weighted by molar-refractivity contribution is 7.91. The molecule has 0 aromatic rings. The van der Waals surface area contributed by atoms with Crippen molar-refractivity contribution in [1.82, 2.24) is 5.32 Å². The van der Waals surface area contributed by atoms with Crippen LogP contribution in [0.5, 0.6) is 0 Å². The molecule has 2 unspecified atom stereocenters. The average Bonchev–Trinajstić information content (AvgIpc) is 2.38. The summed E-state index contributed by atoms with van der Waals surface area (Å²) in [6, 6.07) is 0.628. The molecule has 2 fully saturated rings. The molecule has 0 aromatic carbocycles. The zero-order chi connectivity index (χ0) is 14.8. The van der Waals surface area contributed by atoms with E-state index in [4.69, 9.17) is 5.11 Å². The Morgan fingerprint density at radius 3 is 2.25 bits per heavy atom. The predicted octanol–water partition coefficient (Wildman–Crippen LogP) is 1.58.